The fourth-order valence-corrected chi connectivity index (χ4v) is 4.17. The summed E-state index contributed by atoms with van der Waals surface area (Å²) in [7, 11) is 3.32. The number of benzene rings is 2. The maximum atomic E-state index is 12.3. The van der Waals surface area contributed by atoms with Gasteiger partial charge in [0.2, 0.25) is 11.8 Å². The van der Waals surface area contributed by atoms with Crippen LogP contribution in [0, 0.1) is 5.41 Å². The Balaban J connectivity index is 0.000000361. The van der Waals surface area contributed by atoms with Crippen LogP contribution in [0.25, 0.3) is 0 Å². The van der Waals surface area contributed by atoms with Gasteiger partial charge in [0.15, 0.2) is 0 Å². The SMILES string of the molecule is CC.CCc1ccccc1.CN1N=C2CCN(C(=O)CNC(=O)C(C)(C)N)CC2(C)C1=O.COCc1ccccc1. The van der Waals surface area contributed by atoms with E-state index >= 15 is 0 Å². The van der Waals surface area contributed by atoms with Gasteiger partial charge in [-0.1, -0.05) is 81.4 Å². The van der Waals surface area contributed by atoms with Gasteiger partial charge in [-0.15, -0.1) is 0 Å². The quantitative estimate of drug-likeness (QED) is 0.547. The Labute approximate surface area is 246 Å². The van der Waals surface area contributed by atoms with E-state index in [1.807, 2.05) is 50.2 Å². The molecule has 1 saturated heterocycles. The summed E-state index contributed by atoms with van der Waals surface area (Å²) < 4.78 is 4.93. The van der Waals surface area contributed by atoms with Gasteiger partial charge >= 0.3 is 0 Å². The van der Waals surface area contributed by atoms with Crippen molar-refractivity contribution in [3.63, 3.8) is 0 Å². The molecule has 9 heteroatoms. The van der Waals surface area contributed by atoms with Crippen LogP contribution < -0.4 is 11.1 Å². The predicted molar refractivity (Wildman–Crippen MR) is 165 cm³/mol. The largest absolute Gasteiger partial charge is 0.380 e. The standard InChI is InChI=1S/C14H23N5O3.C8H10O.C8H10.C2H6/c1-13(2,15)11(21)16-7-10(20)19-6-5-9-14(3,8-19)12(22)18(4)17-9;1-9-7-8-5-3-2-4-6-8;1-2-8-6-4-3-5-7-8;1-2/h5-8,15H2,1-4H3,(H,16,21);2-6H,7H2,1H3;3-7H,2H2,1H3;1-2H3. The maximum absolute atomic E-state index is 12.3. The third kappa shape index (κ3) is 11.1. The normalized spacial score (nSPS) is 17.4. The Morgan fingerprint density at radius 2 is 1.59 bits per heavy atom. The molecule has 0 radical (unpaired) electrons. The second-order valence-electron chi connectivity index (χ2n) is 10.4. The second-order valence-corrected chi connectivity index (χ2v) is 10.4. The number of nitrogens with one attached hydrogen (secondary N) is 1. The molecular weight excluding hydrogens is 518 g/mol. The monoisotopic (exact) mass is 567 g/mol. The first-order chi connectivity index (χ1) is 19.4. The number of hydrogen-bond acceptors (Lipinski definition) is 6. The summed E-state index contributed by atoms with van der Waals surface area (Å²) in [6.45, 7) is 12.5. The maximum Gasteiger partial charge on any atom is 0.255 e. The summed E-state index contributed by atoms with van der Waals surface area (Å²) in [6.07, 6.45) is 1.70. The summed E-state index contributed by atoms with van der Waals surface area (Å²) in [5.74, 6) is -0.713. The van der Waals surface area contributed by atoms with Gasteiger partial charge in [0.25, 0.3) is 5.91 Å². The topological polar surface area (TPSA) is 117 Å². The highest BCUT2D eigenvalue weighted by Crippen LogP contribution is 2.34. The lowest BCUT2D eigenvalue weighted by Gasteiger charge is -2.37. The second kappa shape index (κ2) is 17.3. The van der Waals surface area contributed by atoms with Crippen molar-refractivity contribution >= 4 is 23.4 Å². The van der Waals surface area contributed by atoms with E-state index in [4.69, 9.17) is 10.5 Å². The van der Waals surface area contributed by atoms with E-state index in [0.29, 0.717) is 19.6 Å². The highest BCUT2D eigenvalue weighted by molar-refractivity contribution is 6.13. The van der Waals surface area contributed by atoms with Gasteiger partial charge in [0.05, 0.1) is 24.4 Å². The van der Waals surface area contributed by atoms with Crippen LogP contribution in [0.3, 0.4) is 0 Å². The smallest absolute Gasteiger partial charge is 0.255 e. The van der Waals surface area contributed by atoms with E-state index in [9.17, 15) is 14.4 Å². The highest BCUT2D eigenvalue weighted by Gasteiger charge is 2.49. The van der Waals surface area contributed by atoms with Crippen LogP contribution in [0.15, 0.2) is 65.8 Å². The number of hydrogen-bond donors (Lipinski definition) is 2. The van der Waals surface area contributed by atoms with Gasteiger partial charge in [0, 0.05) is 33.7 Å². The number of carbonyl (C=O) groups excluding carboxylic acids is 3. The molecule has 1 unspecified atom stereocenters. The number of ether oxygens (including phenoxy) is 1. The van der Waals surface area contributed by atoms with E-state index in [1.54, 1.807) is 39.8 Å². The molecule has 3 amide bonds. The number of nitrogens with two attached hydrogens (primary N) is 1. The predicted octanol–water partition coefficient (Wildman–Crippen LogP) is 4.01. The zero-order valence-electron chi connectivity index (χ0n) is 26.1. The fraction of sp³-hybridized carbons (Fsp3) is 0.500. The minimum absolute atomic E-state index is 0.105. The number of piperidine rings is 1. The number of nitrogens with zero attached hydrogens (tertiary/aromatic N) is 3. The van der Waals surface area contributed by atoms with Crippen LogP contribution >= 0.6 is 0 Å². The number of aryl methyl sites for hydroxylation is 1. The lowest BCUT2D eigenvalue weighted by Crippen LogP contribution is -2.56. The number of methoxy groups -OCH3 is 1. The van der Waals surface area contributed by atoms with Crippen molar-refractivity contribution < 1.29 is 19.1 Å². The van der Waals surface area contributed by atoms with E-state index in [1.165, 1.54) is 16.1 Å². The molecule has 0 spiro atoms. The summed E-state index contributed by atoms with van der Waals surface area (Å²) in [5.41, 5.74) is 7.33. The van der Waals surface area contributed by atoms with Crippen LogP contribution in [-0.4, -0.2) is 72.7 Å². The van der Waals surface area contributed by atoms with Gasteiger partial charge in [-0.2, -0.15) is 5.10 Å². The van der Waals surface area contributed by atoms with Crippen molar-refractivity contribution in [1.29, 1.82) is 0 Å². The number of hydrazone groups is 1. The van der Waals surface area contributed by atoms with E-state index in [-0.39, 0.29) is 30.8 Å². The van der Waals surface area contributed by atoms with Crippen molar-refractivity contribution in [2.45, 2.75) is 66.5 Å². The first-order valence-corrected chi connectivity index (χ1v) is 14.2. The van der Waals surface area contributed by atoms with Gasteiger partial charge in [-0.3, -0.25) is 14.4 Å². The molecule has 2 aliphatic heterocycles. The van der Waals surface area contributed by atoms with Gasteiger partial charge in [-0.05, 0) is 38.3 Å². The van der Waals surface area contributed by atoms with Crippen molar-refractivity contribution in [3.05, 3.63) is 71.8 Å². The van der Waals surface area contributed by atoms with E-state index in [2.05, 4.69) is 41.6 Å². The molecule has 0 aromatic heterocycles. The first kappa shape index (κ1) is 35.5. The Morgan fingerprint density at radius 1 is 1.05 bits per heavy atom. The molecule has 41 heavy (non-hydrogen) atoms. The van der Waals surface area contributed by atoms with Crippen LogP contribution in [0.5, 0.6) is 0 Å². The fourth-order valence-electron chi connectivity index (χ4n) is 4.17. The van der Waals surface area contributed by atoms with Crippen LogP contribution in [0.1, 0.15) is 59.1 Å². The van der Waals surface area contributed by atoms with Gasteiger partial charge < -0.3 is 20.7 Å². The summed E-state index contributed by atoms with van der Waals surface area (Å²) in [5, 5.41) is 8.11. The molecule has 9 nitrogen and oxygen atoms in total. The average molecular weight is 568 g/mol. The Morgan fingerprint density at radius 3 is 2.05 bits per heavy atom. The van der Waals surface area contributed by atoms with E-state index in [0.717, 1.165) is 12.1 Å². The number of amides is 3. The molecule has 0 bridgehead atoms. The molecule has 0 saturated carbocycles. The zero-order valence-corrected chi connectivity index (χ0v) is 26.1. The molecule has 226 valence electrons. The van der Waals surface area contributed by atoms with Crippen molar-refractivity contribution in [2.75, 3.05) is 33.8 Å². The van der Waals surface area contributed by atoms with Gasteiger partial charge in [-0.25, -0.2) is 5.01 Å². The summed E-state index contributed by atoms with van der Waals surface area (Å²) in [4.78, 5) is 37.8. The van der Waals surface area contributed by atoms with Crippen molar-refractivity contribution in [1.82, 2.24) is 15.2 Å². The Kier molecular flexibility index (Phi) is 15.0. The number of rotatable bonds is 6. The lowest BCUT2D eigenvalue weighted by atomic mass is 9.80. The van der Waals surface area contributed by atoms with Crippen molar-refractivity contribution in [3.8, 4) is 0 Å². The minimum atomic E-state index is -1.03. The number of carbonyl (C=O) groups is 3. The third-order valence-corrected chi connectivity index (χ3v) is 6.54. The summed E-state index contributed by atoms with van der Waals surface area (Å²) in [6, 6.07) is 20.6. The molecule has 4 rings (SSSR count). The Bertz CT molecular complexity index is 1120. The number of fused-ring (bicyclic) bond motifs is 1. The molecule has 2 aromatic carbocycles. The highest BCUT2D eigenvalue weighted by atomic mass is 16.5. The third-order valence-electron chi connectivity index (χ3n) is 6.54. The van der Waals surface area contributed by atoms with Crippen LogP contribution in [0.4, 0.5) is 0 Å². The molecule has 2 heterocycles. The first-order valence-electron chi connectivity index (χ1n) is 14.2. The molecule has 3 N–H and O–H groups in total. The molecule has 1 atom stereocenters. The zero-order chi connectivity index (χ0) is 31.1. The average Bonchev–Trinajstić information content (AvgIpc) is 3.21. The lowest BCUT2D eigenvalue weighted by molar-refractivity contribution is -0.139. The van der Waals surface area contributed by atoms with E-state index < -0.39 is 11.0 Å². The van der Waals surface area contributed by atoms with Crippen LogP contribution in [-0.2, 0) is 32.1 Å². The summed E-state index contributed by atoms with van der Waals surface area (Å²) >= 11 is 0. The molecule has 1 fully saturated rings. The molecule has 2 aliphatic rings. The number of likely N-dealkylation sites (tertiary alicyclic amines) is 1. The van der Waals surface area contributed by atoms with Crippen molar-refractivity contribution in [2.24, 2.45) is 16.3 Å². The van der Waals surface area contributed by atoms with Crippen LogP contribution in [0.2, 0.25) is 0 Å². The minimum Gasteiger partial charge on any atom is -0.380 e. The Hall–Kier alpha value is -3.56. The molecule has 0 aliphatic carbocycles. The molecular formula is C32H49N5O4. The molecule has 2 aromatic rings. The van der Waals surface area contributed by atoms with Gasteiger partial charge in [0.1, 0.15) is 5.41 Å².